The van der Waals surface area contributed by atoms with Gasteiger partial charge in [-0.3, -0.25) is 14.9 Å². The highest BCUT2D eigenvalue weighted by atomic mass is 16.6. The van der Waals surface area contributed by atoms with E-state index in [0.29, 0.717) is 18.2 Å². The average molecular weight is 292 g/mol. The van der Waals surface area contributed by atoms with Crippen molar-refractivity contribution >= 4 is 11.6 Å². The fourth-order valence-corrected chi connectivity index (χ4v) is 2.54. The first-order valence-electron chi connectivity index (χ1n) is 7.29. The van der Waals surface area contributed by atoms with Crippen LogP contribution in [0.2, 0.25) is 0 Å². The Morgan fingerprint density at radius 1 is 1.33 bits per heavy atom. The molecule has 1 saturated carbocycles. The number of amides is 1. The lowest BCUT2D eigenvalue weighted by molar-refractivity contribution is -0.384. The third-order valence-corrected chi connectivity index (χ3v) is 3.71. The molecule has 0 bridgehead atoms. The van der Waals surface area contributed by atoms with E-state index in [2.05, 4.69) is 5.32 Å². The lowest BCUT2D eigenvalue weighted by Crippen LogP contribution is -2.33. The highest BCUT2D eigenvalue weighted by Gasteiger charge is 2.14. The van der Waals surface area contributed by atoms with Gasteiger partial charge in [-0.15, -0.1) is 0 Å². The monoisotopic (exact) mass is 292 g/mol. The predicted molar refractivity (Wildman–Crippen MR) is 78.2 cm³/mol. The maximum atomic E-state index is 11.7. The third kappa shape index (κ3) is 5.06. The molecule has 2 rings (SSSR count). The normalized spacial score (nSPS) is 15.4. The van der Waals surface area contributed by atoms with Gasteiger partial charge >= 0.3 is 0 Å². The molecule has 114 valence electrons. The van der Waals surface area contributed by atoms with Crippen LogP contribution in [-0.4, -0.2) is 24.0 Å². The van der Waals surface area contributed by atoms with Crippen molar-refractivity contribution in [2.24, 2.45) is 5.92 Å². The van der Waals surface area contributed by atoms with Crippen LogP contribution in [-0.2, 0) is 4.79 Å². The zero-order chi connectivity index (χ0) is 15.1. The first-order chi connectivity index (χ1) is 10.1. The van der Waals surface area contributed by atoms with Crippen molar-refractivity contribution in [1.29, 1.82) is 0 Å². The lowest BCUT2D eigenvalue weighted by atomic mass is 9.89. The highest BCUT2D eigenvalue weighted by Crippen LogP contribution is 2.22. The summed E-state index contributed by atoms with van der Waals surface area (Å²) in [5.41, 5.74) is -0.0462. The van der Waals surface area contributed by atoms with Crippen LogP contribution < -0.4 is 10.1 Å². The van der Waals surface area contributed by atoms with Gasteiger partial charge in [0, 0.05) is 12.6 Å². The first-order valence-corrected chi connectivity index (χ1v) is 7.29. The third-order valence-electron chi connectivity index (χ3n) is 3.71. The van der Waals surface area contributed by atoms with Gasteiger partial charge in [0.2, 0.25) is 0 Å². The molecule has 0 radical (unpaired) electrons. The van der Waals surface area contributed by atoms with Gasteiger partial charge in [-0.05, 0) is 24.8 Å². The Morgan fingerprint density at radius 2 is 2.10 bits per heavy atom. The second-order valence-corrected chi connectivity index (χ2v) is 5.35. The molecule has 1 aromatic carbocycles. The minimum absolute atomic E-state index is 0.0462. The lowest BCUT2D eigenvalue weighted by Gasteiger charge is -2.21. The molecule has 1 aromatic rings. The summed E-state index contributed by atoms with van der Waals surface area (Å²) in [5.74, 6) is 0.713. The molecule has 1 amide bonds. The molecule has 0 unspecified atom stereocenters. The summed E-state index contributed by atoms with van der Waals surface area (Å²) in [6.07, 6.45) is 6.12. The molecule has 1 N–H and O–H groups in total. The minimum Gasteiger partial charge on any atom is -0.484 e. The molecule has 0 atom stereocenters. The predicted octanol–water partition coefficient (Wildman–Crippen LogP) is 2.67. The zero-order valence-corrected chi connectivity index (χ0v) is 11.9. The molecule has 1 aliphatic rings. The minimum atomic E-state index is -0.490. The molecule has 0 spiro atoms. The van der Waals surface area contributed by atoms with Gasteiger partial charge in [-0.25, -0.2) is 0 Å². The number of ether oxygens (including phenoxy) is 1. The number of nitrogens with zero attached hydrogens (tertiary/aromatic N) is 1. The molecule has 6 heteroatoms. The highest BCUT2D eigenvalue weighted by molar-refractivity contribution is 5.77. The second kappa shape index (κ2) is 7.61. The number of nitrogens with one attached hydrogen (secondary N) is 1. The standard InChI is InChI=1S/C15H20N2O4/c18-15(16-10-12-5-2-1-3-6-12)11-21-14-8-4-7-13(9-14)17(19)20/h4,7-9,12H,1-3,5-6,10-11H2,(H,16,18). The molecule has 21 heavy (non-hydrogen) atoms. The van der Waals surface area contributed by atoms with Crippen LogP contribution in [0.15, 0.2) is 24.3 Å². The van der Waals surface area contributed by atoms with Crippen molar-refractivity contribution < 1.29 is 14.5 Å². The van der Waals surface area contributed by atoms with E-state index in [1.165, 1.54) is 50.3 Å². The van der Waals surface area contributed by atoms with Crippen LogP contribution in [0, 0.1) is 16.0 Å². The molecule has 0 saturated heterocycles. The van der Waals surface area contributed by atoms with Gasteiger partial charge < -0.3 is 10.1 Å². The summed E-state index contributed by atoms with van der Waals surface area (Å²) in [6, 6.07) is 5.83. The summed E-state index contributed by atoms with van der Waals surface area (Å²) >= 11 is 0. The Kier molecular flexibility index (Phi) is 5.54. The number of non-ortho nitro benzene ring substituents is 1. The van der Waals surface area contributed by atoms with Crippen LogP contribution in [0.3, 0.4) is 0 Å². The van der Waals surface area contributed by atoms with E-state index in [0.717, 1.165) is 0 Å². The second-order valence-electron chi connectivity index (χ2n) is 5.35. The van der Waals surface area contributed by atoms with Gasteiger partial charge in [0.05, 0.1) is 11.0 Å². The number of hydrogen-bond donors (Lipinski definition) is 1. The first kappa shape index (κ1) is 15.3. The SMILES string of the molecule is O=C(COc1cccc([N+](=O)[O-])c1)NCC1CCCCC1. The smallest absolute Gasteiger partial charge is 0.273 e. The van der Waals surface area contributed by atoms with Crippen molar-refractivity contribution in [1.82, 2.24) is 5.32 Å². The van der Waals surface area contributed by atoms with E-state index in [1.807, 2.05) is 0 Å². The van der Waals surface area contributed by atoms with E-state index in [9.17, 15) is 14.9 Å². The number of carbonyl (C=O) groups excluding carboxylic acids is 1. The maximum Gasteiger partial charge on any atom is 0.273 e. The maximum absolute atomic E-state index is 11.7. The van der Waals surface area contributed by atoms with E-state index >= 15 is 0 Å². The quantitative estimate of drug-likeness (QED) is 0.645. The zero-order valence-electron chi connectivity index (χ0n) is 11.9. The molecule has 1 aliphatic carbocycles. The van der Waals surface area contributed by atoms with E-state index in [4.69, 9.17) is 4.74 Å². The van der Waals surface area contributed by atoms with Crippen molar-refractivity contribution in [3.8, 4) is 5.75 Å². The molecule has 6 nitrogen and oxygen atoms in total. The van der Waals surface area contributed by atoms with Crippen molar-refractivity contribution in [3.63, 3.8) is 0 Å². The molecular weight excluding hydrogens is 272 g/mol. The molecule has 0 aliphatic heterocycles. The Balaban J connectivity index is 1.73. The summed E-state index contributed by atoms with van der Waals surface area (Å²) in [7, 11) is 0. The number of nitro groups is 1. The van der Waals surface area contributed by atoms with Gasteiger partial charge in [0.25, 0.3) is 11.6 Å². The van der Waals surface area contributed by atoms with Crippen LogP contribution in [0.5, 0.6) is 5.75 Å². The van der Waals surface area contributed by atoms with Crippen molar-refractivity contribution in [2.45, 2.75) is 32.1 Å². The fourth-order valence-electron chi connectivity index (χ4n) is 2.54. The van der Waals surface area contributed by atoms with E-state index in [-0.39, 0.29) is 18.2 Å². The largest absolute Gasteiger partial charge is 0.484 e. The summed E-state index contributed by atoms with van der Waals surface area (Å²) in [6.45, 7) is 0.574. The van der Waals surface area contributed by atoms with E-state index in [1.54, 1.807) is 6.07 Å². The molecule has 0 aromatic heterocycles. The number of hydrogen-bond acceptors (Lipinski definition) is 4. The number of carbonyl (C=O) groups is 1. The summed E-state index contributed by atoms with van der Waals surface area (Å²) in [4.78, 5) is 21.9. The van der Waals surface area contributed by atoms with Crippen LogP contribution in [0.1, 0.15) is 32.1 Å². The van der Waals surface area contributed by atoms with E-state index < -0.39 is 4.92 Å². The number of rotatable bonds is 6. The summed E-state index contributed by atoms with van der Waals surface area (Å²) in [5, 5.41) is 13.5. The number of nitro benzene ring substituents is 1. The van der Waals surface area contributed by atoms with Crippen LogP contribution in [0.4, 0.5) is 5.69 Å². The Labute approximate surface area is 123 Å². The van der Waals surface area contributed by atoms with Crippen LogP contribution >= 0.6 is 0 Å². The van der Waals surface area contributed by atoms with Gasteiger partial charge in [0.15, 0.2) is 6.61 Å². The average Bonchev–Trinajstić information content (AvgIpc) is 2.52. The Morgan fingerprint density at radius 3 is 2.81 bits per heavy atom. The van der Waals surface area contributed by atoms with Gasteiger partial charge in [-0.1, -0.05) is 25.3 Å². The Hall–Kier alpha value is -2.11. The Bertz CT molecular complexity index is 498. The topological polar surface area (TPSA) is 81.5 Å². The summed E-state index contributed by atoms with van der Waals surface area (Å²) < 4.78 is 5.28. The molecule has 0 heterocycles. The van der Waals surface area contributed by atoms with Gasteiger partial charge in [-0.2, -0.15) is 0 Å². The molecular formula is C15H20N2O4. The fraction of sp³-hybridized carbons (Fsp3) is 0.533. The molecule has 1 fully saturated rings. The van der Waals surface area contributed by atoms with Crippen molar-refractivity contribution in [2.75, 3.05) is 13.2 Å². The number of benzene rings is 1. The van der Waals surface area contributed by atoms with Crippen molar-refractivity contribution in [3.05, 3.63) is 34.4 Å². The van der Waals surface area contributed by atoms with Crippen LogP contribution in [0.25, 0.3) is 0 Å². The van der Waals surface area contributed by atoms with Gasteiger partial charge in [0.1, 0.15) is 5.75 Å².